The van der Waals surface area contributed by atoms with E-state index in [2.05, 4.69) is 37.2 Å². The number of amides is 1. The minimum atomic E-state index is -0.0723. The molecule has 74 valence electrons. The first-order chi connectivity index (χ1) is 6.74. The van der Waals surface area contributed by atoms with Crippen molar-refractivity contribution in [1.29, 1.82) is 0 Å². The summed E-state index contributed by atoms with van der Waals surface area (Å²) in [4.78, 5) is 13.2. The van der Waals surface area contributed by atoms with Crippen LogP contribution in [0.15, 0.2) is 39.8 Å². The van der Waals surface area contributed by atoms with Gasteiger partial charge in [-0.1, -0.05) is 50.1 Å². The van der Waals surface area contributed by atoms with Gasteiger partial charge in [-0.3, -0.25) is 4.79 Å². The molecule has 1 aromatic carbocycles. The van der Waals surface area contributed by atoms with Crippen LogP contribution >= 0.6 is 31.9 Å². The highest BCUT2D eigenvalue weighted by Gasteiger charge is 2.03. The quantitative estimate of drug-likeness (QED) is 0.912. The lowest BCUT2D eigenvalue weighted by Crippen LogP contribution is -2.24. The molecule has 0 heterocycles. The van der Waals surface area contributed by atoms with Crippen LogP contribution in [0.2, 0.25) is 0 Å². The molecule has 0 aliphatic carbocycles. The Morgan fingerprint density at radius 1 is 1.36 bits per heavy atom. The first-order valence-electron chi connectivity index (χ1n) is 4.02. The van der Waals surface area contributed by atoms with Crippen molar-refractivity contribution in [3.8, 4) is 0 Å². The summed E-state index contributed by atoms with van der Waals surface area (Å²) < 4.78 is 0.891. The minimum Gasteiger partial charge on any atom is -0.347 e. The lowest BCUT2D eigenvalue weighted by molar-refractivity contribution is 0.0958. The molecule has 0 fully saturated rings. The van der Waals surface area contributed by atoms with Gasteiger partial charge in [-0.25, -0.2) is 0 Å². The largest absolute Gasteiger partial charge is 0.347 e. The fourth-order valence-corrected chi connectivity index (χ4v) is 1.20. The molecule has 0 unspecified atom stereocenters. The Balaban J connectivity index is 2.52. The Kier molecular flexibility index (Phi) is 4.90. The summed E-state index contributed by atoms with van der Waals surface area (Å²) in [5, 5.41) is 2.77. The maximum atomic E-state index is 11.5. The van der Waals surface area contributed by atoms with E-state index in [1.54, 1.807) is 17.1 Å². The van der Waals surface area contributed by atoms with Gasteiger partial charge in [0.05, 0.1) is 6.54 Å². The van der Waals surface area contributed by atoms with Crippen LogP contribution in [0.1, 0.15) is 10.4 Å². The third kappa shape index (κ3) is 3.64. The predicted molar refractivity (Wildman–Crippen MR) is 64.7 cm³/mol. The number of rotatable bonds is 3. The fourth-order valence-electron chi connectivity index (χ4n) is 0.895. The molecule has 0 saturated carbocycles. The van der Waals surface area contributed by atoms with E-state index in [0.29, 0.717) is 12.1 Å². The minimum absolute atomic E-state index is 0.0723. The maximum Gasteiger partial charge on any atom is 0.251 e. The smallest absolute Gasteiger partial charge is 0.251 e. The van der Waals surface area contributed by atoms with Crippen molar-refractivity contribution in [1.82, 2.24) is 5.32 Å². The molecule has 0 aliphatic heterocycles. The zero-order chi connectivity index (χ0) is 10.4. The number of nitrogens with one attached hydrogen (secondary N) is 1. The molecule has 1 N–H and O–H groups in total. The molecule has 0 bridgehead atoms. The zero-order valence-electron chi connectivity index (χ0n) is 7.34. The lowest BCUT2D eigenvalue weighted by atomic mass is 10.2. The first-order valence-corrected chi connectivity index (χ1v) is 5.73. The standard InChI is InChI=1S/C10H9Br2NO/c11-6-9(12)7-13-10(14)8-4-2-1-3-5-8/h1-6H,7H2,(H,13,14)/b9-6+. The van der Waals surface area contributed by atoms with E-state index in [0.717, 1.165) is 4.48 Å². The van der Waals surface area contributed by atoms with Crippen LogP contribution in [0.3, 0.4) is 0 Å². The third-order valence-corrected chi connectivity index (χ3v) is 3.25. The fraction of sp³-hybridized carbons (Fsp3) is 0.100. The van der Waals surface area contributed by atoms with Gasteiger partial charge in [-0.2, -0.15) is 0 Å². The van der Waals surface area contributed by atoms with E-state index in [-0.39, 0.29) is 5.91 Å². The van der Waals surface area contributed by atoms with E-state index in [9.17, 15) is 4.79 Å². The monoisotopic (exact) mass is 317 g/mol. The number of hydrogen-bond donors (Lipinski definition) is 1. The predicted octanol–water partition coefficient (Wildman–Crippen LogP) is 3.05. The summed E-state index contributed by atoms with van der Waals surface area (Å²) >= 11 is 6.44. The Hall–Kier alpha value is -0.610. The molecule has 1 rings (SSSR count). The second-order valence-corrected chi connectivity index (χ2v) is 4.08. The van der Waals surface area contributed by atoms with E-state index in [1.165, 1.54) is 0 Å². The SMILES string of the molecule is O=C(NC/C(Br)=C\Br)c1ccccc1. The Morgan fingerprint density at radius 2 is 2.00 bits per heavy atom. The summed E-state index contributed by atoms with van der Waals surface area (Å²) in [6.07, 6.45) is 0. The molecule has 4 heteroatoms. The maximum absolute atomic E-state index is 11.5. The Labute approximate surface area is 99.6 Å². The van der Waals surface area contributed by atoms with Crippen LogP contribution in [0, 0.1) is 0 Å². The third-order valence-electron chi connectivity index (χ3n) is 1.57. The van der Waals surface area contributed by atoms with Gasteiger partial charge in [0.1, 0.15) is 0 Å². The van der Waals surface area contributed by atoms with Gasteiger partial charge in [0.15, 0.2) is 0 Å². The second kappa shape index (κ2) is 5.98. The molecule has 1 aromatic rings. The lowest BCUT2D eigenvalue weighted by Gasteiger charge is -2.03. The van der Waals surface area contributed by atoms with Crippen molar-refractivity contribution in [2.24, 2.45) is 0 Å². The van der Waals surface area contributed by atoms with Gasteiger partial charge in [-0.05, 0) is 17.1 Å². The van der Waals surface area contributed by atoms with Crippen LogP contribution < -0.4 is 5.32 Å². The highest BCUT2D eigenvalue weighted by atomic mass is 79.9. The van der Waals surface area contributed by atoms with Crippen LogP contribution in [0.5, 0.6) is 0 Å². The van der Waals surface area contributed by atoms with Crippen molar-refractivity contribution in [2.45, 2.75) is 0 Å². The molecule has 0 spiro atoms. The van der Waals surface area contributed by atoms with E-state index in [1.807, 2.05) is 18.2 Å². The normalized spacial score (nSPS) is 11.1. The second-order valence-electron chi connectivity index (χ2n) is 2.60. The van der Waals surface area contributed by atoms with Crippen LogP contribution in [0.25, 0.3) is 0 Å². The first kappa shape index (κ1) is 11.5. The highest BCUT2D eigenvalue weighted by molar-refractivity contribution is 9.14. The van der Waals surface area contributed by atoms with Crippen LogP contribution in [-0.4, -0.2) is 12.5 Å². The van der Waals surface area contributed by atoms with Crippen LogP contribution in [-0.2, 0) is 0 Å². The molecule has 2 nitrogen and oxygen atoms in total. The topological polar surface area (TPSA) is 29.1 Å². The average molecular weight is 319 g/mol. The van der Waals surface area contributed by atoms with Gasteiger partial charge in [-0.15, -0.1) is 0 Å². The molecule has 0 atom stereocenters. The van der Waals surface area contributed by atoms with E-state index < -0.39 is 0 Å². The van der Waals surface area contributed by atoms with Gasteiger partial charge < -0.3 is 5.32 Å². The van der Waals surface area contributed by atoms with Gasteiger partial charge in [0.25, 0.3) is 5.91 Å². The highest BCUT2D eigenvalue weighted by Crippen LogP contribution is 2.06. The van der Waals surface area contributed by atoms with Crippen molar-refractivity contribution in [3.63, 3.8) is 0 Å². The van der Waals surface area contributed by atoms with Crippen LogP contribution in [0.4, 0.5) is 0 Å². The zero-order valence-corrected chi connectivity index (χ0v) is 10.5. The summed E-state index contributed by atoms with van der Waals surface area (Å²) in [7, 11) is 0. The molecule has 0 aliphatic rings. The Bertz CT molecular complexity index is 335. The summed E-state index contributed by atoms with van der Waals surface area (Å²) in [6.45, 7) is 0.485. The number of carbonyl (C=O) groups excluding carboxylic acids is 1. The average Bonchev–Trinajstić information content (AvgIpc) is 2.26. The van der Waals surface area contributed by atoms with E-state index in [4.69, 9.17) is 0 Å². The summed E-state index contributed by atoms with van der Waals surface area (Å²) in [5.74, 6) is -0.0723. The van der Waals surface area contributed by atoms with Crippen molar-refractivity contribution < 1.29 is 4.79 Å². The molecule has 0 radical (unpaired) electrons. The van der Waals surface area contributed by atoms with Crippen molar-refractivity contribution in [2.75, 3.05) is 6.54 Å². The molecule has 1 amide bonds. The number of carbonyl (C=O) groups is 1. The molecule has 14 heavy (non-hydrogen) atoms. The van der Waals surface area contributed by atoms with E-state index >= 15 is 0 Å². The summed E-state index contributed by atoms with van der Waals surface area (Å²) in [5.41, 5.74) is 0.669. The molecule has 0 saturated heterocycles. The van der Waals surface area contributed by atoms with Crippen molar-refractivity contribution in [3.05, 3.63) is 45.4 Å². The molecule has 0 aromatic heterocycles. The van der Waals surface area contributed by atoms with Gasteiger partial charge >= 0.3 is 0 Å². The number of hydrogen-bond acceptors (Lipinski definition) is 1. The van der Waals surface area contributed by atoms with Gasteiger partial charge in [0, 0.05) is 10.0 Å². The van der Waals surface area contributed by atoms with Gasteiger partial charge in [0.2, 0.25) is 0 Å². The molecular weight excluding hydrogens is 310 g/mol. The summed E-state index contributed by atoms with van der Waals surface area (Å²) in [6, 6.07) is 9.11. The Morgan fingerprint density at radius 3 is 2.57 bits per heavy atom. The number of benzene rings is 1. The number of halogens is 2. The molecular formula is C10H9Br2NO. The van der Waals surface area contributed by atoms with Crippen molar-refractivity contribution >= 4 is 37.8 Å².